The Labute approximate surface area is 181 Å². The average molecular weight is 450 g/mol. The van der Waals surface area contributed by atoms with Crippen molar-refractivity contribution in [2.45, 2.75) is 54.1 Å². The number of fused-ring (bicyclic) bond motifs is 1. The van der Waals surface area contributed by atoms with Gasteiger partial charge in [0.05, 0.1) is 4.90 Å². The van der Waals surface area contributed by atoms with Gasteiger partial charge in [-0.3, -0.25) is 4.98 Å². The van der Waals surface area contributed by atoms with Crippen molar-refractivity contribution in [3.05, 3.63) is 36.5 Å². The van der Waals surface area contributed by atoms with Crippen molar-refractivity contribution in [1.82, 2.24) is 24.6 Å². The number of halogens is 3. The Bertz CT molecular complexity index is 1090. The van der Waals surface area contributed by atoms with Gasteiger partial charge in [0.25, 0.3) is 0 Å². The largest absolute Gasteiger partial charge is 0.434 e. The van der Waals surface area contributed by atoms with Crippen molar-refractivity contribution >= 4 is 23.4 Å². The quantitative estimate of drug-likeness (QED) is 0.651. The molecule has 0 radical (unpaired) electrons. The van der Waals surface area contributed by atoms with Crippen LogP contribution in [0.25, 0.3) is 5.65 Å². The number of nitrogens with zero attached hydrogens (tertiary/aromatic N) is 6. The lowest BCUT2D eigenvalue weighted by atomic mass is 9.74. The van der Waals surface area contributed by atoms with E-state index in [1.807, 2.05) is 0 Å². The summed E-state index contributed by atoms with van der Waals surface area (Å²) in [5, 5.41) is 8.14. The lowest BCUT2D eigenvalue weighted by Crippen LogP contribution is -2.47. The van der Waals surface area contributed by atoms with Crippen LogP contribution in [0.2, 0.25) is 0 Å². The molecule has 7 nitrogen and oxygen atoms in total. The molecular formula is C20H22F3N7S. The van der Waals surface area contributed by atoms with E-state index in [1.54, 1.807) is 16.9 Å². The second-order valence-electron chi connectivity index (χ2n) is 8.25. The molecule has 0 amide bonds. The lowest BCUT2D eigenvalue weighted by Gasteiger charge is -2.42. The third kappa shape index (κ3) is 3.63. The summed E-state index contributed by atoms with van der Waals surface area (Å²) >= 11 is 0.943. The van der Waals surface area contributed by atoms with E-state index in [-0.39, 0.29) is 16.4 Å². The zero-order valence-corrected chi connectivity index (χ0v) is 17.5. The van der Waals surface area contributed by atoms with Crippen molar-refractivity contribution in [3.8, 4) is 0 Å². The fraction of sp³-hybridized carbons (Fsp3) is 0.500. The van der Waals surface area contributed by atoms with Gasteiger partial charge in [-0.15, -0.1) is 10.2 Å². The van der Waals surface area contributed by atoms with Crippen LogP contribution in [-0.4, -0.2) is 43.7 Å². The molecule has 1 aliphatic heterocycles. The standard InChI is InChI=1S/C20H22F3N7S/c21-20(22,23)16-13(3-2-8-25-16)31-14-11-26-18(30-12-27-28-17(14)30)29-9-6-19(7-10-29)5-1-4-15(19)24/h2-3,8,11-12,15H,1,4-7,9-10,24H2/t15-/m1/s1. The first-order chi connectivity index (χ1) is 14.9. The summed E-state index contributed by atoms with van der Waals surface area (Å²) < 4.78 is 41.7. The summed E-state index contributed by atoms with van der Waals surface area (Å²) in [6.45, 7) is 1.67. The highest BCUT2D eigenvalue weighted by molar-refractivity contribution is 7.99. The van der Waals surface area contributed by atoms with Crippen LogP contribution in [0.3, 0.4) is 0 Å². The normalized spacial score (nSPS) is 21.3. The number of rotatable bonds is 3. The van der Waals surface area contributed by atoms with Gasteiger partial charge in [0.2, 0.25) is 5.95 Å². The van der Waals surface area contributed by atoms with Gasteiger partial charge in [-0.05, 0) is 43.2 Å². The summed E-state index contributed by atoms with van der Waals surface area (Å²) in [6, 6.07) is 3.15. The Morgan fingerprint density at radius 1 is 1.13 bits per heavy atom. The maximum absolute atomic E-state index is 13.3. The number of pyridine rings is 1. The highest BCUT2D eigenvalue weighted by atomic mass is 32.2. The molecule has 4 heterocycles. The minimum Gasteiger partial charge on any atom is -0.342 e. The first-order valence-electron chi connectivity index (χ1n) is 10.3. The van der Waals surface area contributed by atoms with E-state index in [1.165, 1.54) is 25.0 Å². The molecule has 0 unspecified atom stereocenters. The molecule has 2 fully saturated rings. The molecule has 0 aromatic carbocycles. The molecule has 11 heteroatoms. The monoisotopic (exact) mass is 449 g/mol. The molecule has 3 aromatic heterocycles. The van der Waals surface area contributed by atoms with Gasteiger partial charge in [0.15, 0.2) is 11.3 Å². The van der Waals surface area contributed by atoms with Crippen molar-refractivity contribution < 1.29 is 13.2 Å². The summed E-state index contributed by atoms with van der Waals surface area (Å²) in [4.78, 5) is 10.8. The molecule has 31 heavy (non-hydrogen) atoms. The number of alkyl halides is 3. The second kappa shape index (κ2) is 7.63. The van der Waals surface area contributed by atoms with Crippen molar-refractivity contribution in [2.24, 2.45) is 11.1 Å². The van der Waals surface area contributed by atoms with Crippen LogP contribution in [0.15, 0.2) is 40.6 Å². The van der Waals surface area contributed by atoms with Gasteiger partial charge in [-0.2, -0.15) is 13.2 Å². The number of hydrogen-bond donors (Lipinski definition) is 1. The summed E-state index contributed by atoms with van der Waals surface area (Å²) in [5.74, 6) is 0.702. The van der Waals surface area contributed by atoms with E-state index in [2.05, 4.69) is 25.1 Å². The highest BCUT2D eigenvalue weighted by Crippen LogP contribution is 2.46. The third-order valence-corrected chi connectivity index (χ3v) is 7.62. The van der Waals surface area contributed by atoms with E-state index in [4.69, 9.17) is 5.73 Å². The van der Waals surface area contributed by atoms with E-state index < -0.39 is 11.9 Å². The van der Waals surface area contributed by atoms with Crippen molar-refractivity contribution in [3.63, 3.8) is 0 Å². The molecule has 1 atom stereocenters. The van der Waals surface area contributed by atoms with Gasteiger partial charge in [0, 0.05) is 36.4 Å². The zero-order valence-electron chi connectivity index (χ0n) is 16.7. The fourth-order valence-electron chi connectivity index (χ4n) is 4.83. The van der Waals surface area contributed by atoms with Gasteiger partial charge in [-0.1, -0.05) is 18.2 Å². The maximum atomic E-state index is 13.3. The second-order valence-corrected chi connectivity index (χ2v) is 9.33. The van der Waals surface area contributed by atoms with E-state index in [0.29, 0.717) is 16.5 Å². The number of piperidine rings is 1. The first kappa shape index (κ1) is 20.5. The van der Waals surface area contributed by atoms with Crippen LogP contribution < -0.4 is 10.6 Å². The van der Waals surface area contributed by atoms with E-state index >= 15 is 0 Å². The van der Waals surface area contributed by atoms with Gasteiger partial charge in [0.1, 0.15) is 6.33 Å². The van der Waals surface area contributed by atoms with Crippen LogP contribution in [0.1, 0.15) is 37.8 Å². The minimum absolute atomic E-state index is 0.00425. The Morgan fingerprint density at radius 3 is 2.65 bits per heavy atom. The number of anilines is 1. The van der Waals surface area contributed by atoms with Gasteiger partial charge >= 0.3 is 6.18 Å². The number of hydrogen-bond acceptors (Lipinski definition) is 7. The van der Waals surface area contributed by atoms with Crippen LogP contribution >= 0.6 is 11.8 Å². The third-order valence-electron chi connectivity index (χ3n) is 6.56. The summed E-state index contributed by atoms with van der Waals surface area (Å²) in [6.07, 6.45) is 5.22. The fourth-order valence-corrected chi connectivity index (χ4v) is 5.82. The molecular weight excluding hydrogens is 427 g/mol. The Hall–Kier alpha value is -2.40. The first-order valence-corrected chi connectivity index (χ1v) is 11.1. The van der Waals surface area contributed by atoms with Crippen LogP contribution in [-0.2, 0) is 6.18 Å². The molecule has 0 bridgehead atoms. The van der Waals surface area contributed by atoms with Crippen molar-refractivity contribution in [2.75, 3.05) is 18.0 Å². The lowest BCUT2D eigenvalue weighted by molar-refractivity contribution is -0.143. The molecule has 3 aromatic rings. The molecule has 2 aliphatic rings. The Balaban J connectivity index is 1.42. The van der Waals surface area contributed by atoms with Crippen LogP contribution in [0, 0.1) is 5.41 Å². The summed E-state index contributed by atoms with van der Waals surface area (Å²) in [7, 11) is 0. The molecule has 2 N–H and O–H groups in total. The minimum atomic E-state index is -4.54. The average Bonchev–Trinajstić information content (AvgIpc) is 3.37. The Morgan fingerprint density at radius 2 is 1.94 bits per heavy atom. The van der Waals surface area contributed by atoms with Gasteiger partial charge in [-0.25, -0.2) is 9.38 Å². The molecule has 1 aliphatic carbocycles. The number of nitrogens with two attached hydrogens (primary N) is 1. The Kier molecular flexibility index (Phi) is 5.04. The molecule has 1 saturated carbocycles. The summed E-state index contributed by atoms with van der Waals surface area (Å²) in [5.41, 5.74) is 6.18. The van der Waals surface area contributed by atoms with E-state index in [9.17, 15) is 13.2 Å². The maximum Gasteiger partial charge on any atom is 0.434 e. The zero-order chi connectivity index (χ0) is 21.6. The topological polar surface area (TPSA) is 85.2 Å². The van der Waals surface area contributed by atoms with Crippen LogP contribution in [0.5, 0.6) is 0 Å². The van der Waals surface area contributed by atoms with Crippen molar-refractivity contribution in [1.29, 1.82) is 0 Å². The number of aromatic nitrogens is 5. The smallest absolute Gasteiger partial charge is 0.342 e. The molecule has 1 saturated heterocycles. The molecule has 5 rings (SSSR count). The SMILES string of the molecule is N[C@@H]1CCCC12CCN(c1ncc(Sc3cccnc3C(F)(F)F)c3nncn13)CC2. The predicted octanol–water partition coefficient (Wildman–Crippen LogP) is 3.79. The van der Waals surface area contributed by atoms with E-state index in [0.717, 1.165) is 50.3 Å². The molecule has 164 valence electrons. The molecule has 1 spiro atoms. The highest BCUT2D eigenvalue weighted by Gasteiger charge is 2.43. The predicted molar refractivity (Wildman–Crippen MR) is 110 cm³/mol. The van der Waals surface area contributed by atoms with Gasteiger partial charge < -0.3 is 10.6 Å². The van der Waals surface area contributed by atoms with Crippen LogP contribution in [0.4, 0.5) is 19.1 Å².